The van der Waals surface area contributed by atoms with Crippen LogP contribution in [-0.2, 0) is 11.3 Å². The van der Waals surface area contributed by atoms with Crippen molar-refractivity contribution in [3.05, 3.63) is 29.8 Å². The molecule has 0 bridgehead atoms. The number of hydrogen-bond acceptors (Lipinski definition) is 3. The minimum Gasteiger partial charge on any atom is -0.494 e. The van der Waals surface area contributed by atoms with Crippen LogP contribution in [0.1, 0.15) is 26.3 Å². The van der Waals surface area contributed by atoms with Crippen LogP contribution in [0.25, 0.3) is 0 Å². The quantitative estimate of drug-likeness (QED) is 0.279. The third-order valence-electron chi connectivity index (χ3n) is 2.72. The van der Waals surface area contributed by atoms with Gasteiger partial charge >= 0.3 is 0 Å². The van der Waals surface area contributed by atoms with E-state index in [1.54, 1.807) is 0 Å². The Balaban J connectivity index is 0.00000441. The van der Waals surface area contributed by atoms with Gasteiger partial charge in [-0.1, -0.05) is 12.1 Å². The summed E-state index contributed by atoms with van der Waals surface area (Å²) in [5, 5.41) is 6.47. The molecule has 2 N–H and O–H groups in total. The van der Waals surface area contributed by atoms with E-state index in [1.165, 1.54) is 0 Å². The molecule has 0 spiro atoms. The zero-order chi connectivity index (χ0) is 15.3. The van der Waals surface area contributed by atoms with Gasteiger partial charge in [-0.15, -0.1) is 24.0 Å². The Morgan fingerprint density at radius 2 is 1.95 bits per heavy atom. The van der Waals surface area contributed by atoms with Crippen molar-refractivity contribution in [1.29, 1.82) is 0 Å². The van der Waals surface area contributed by atoms with Crippen molar-refractivity contribution in [3.63, 3.8) is 0 Å². The molecule has 126 valence electrons. The van der Waals surface area contributed by atoms with Gasteiger partial charge in [0.25, 0.3) is 0 Å². The highest BCUT2D eigenvalue weighted by Gasteiger charge is 1.99. The van der Waals surface area contributed by atoms with Crippen LogP contribution >= 0.6 is 24.0 Å². The van der Waals surface area contributed by atoms with Gasteiger partial charge in [0, 0.05) is 19.7 Å². The molecule has 6 heteroatoms. The first-order valence-corrected chi connectivity index (χ1v) is 7.61. The van der Waals surface area contributed by atoms with Crippen LogP contribution in [0, 0.1) is 0 Å². The van der Waals surface area contributed by atoms with E-state index in [0.717, 1.165) is 37.0 Å². The van der Waals surface area contributed by atoms with Gasteiger partial charge in [-0.25, -0.2) is 4.99 Å². The lowest BCUT2D eigenvalue weighted by Crippen LogP contribution is -2.39. The third-order valence-corrected chi connectivity index (χ3v) is 2.72. The summed E-state index contributed by atoms with van der Waals surface area (Å²) in [4.78, 5) is 4.57. The van der Waals surface area contributed by atoms with E-state index in [2.05, 4.69) is 28.6 Å². The Morgan fingerprint density at radius 3 is 2.64 bits per heavy atom. The van der Waals surface area contributed by atoms with E-state index >= 15 is 0 Å². The predicted octanol–water partition coefficient (Wildman–Crippen LogP) is 2.79. The van der Waals surface area contributed by atoms with Crippen LogP contribution in [0.4, 0.5) is 0 Å². The monoisotopic (exact) mass is 421 g/mol. The van der Waals surface area contributed by atoms with Gasteiger partial charge < -0.3 is 20.1 Å². The first-order valence-electron chi connectivity index (χ1n) is 7.61. The largest absolute Gasteiger partial charge is 0.494 e. The Labute approximate surface area is 150 Å². The number of benzene rings is 1. The molecular formula is C16H28IN3O2. The molecule has 0 aliphatic heterocycles. The minimum absolute atomic E-state index is 0. The van der Waals surface area contributed by atoms with Crippen molar-refractivity contribution < 1.29 is 9.47 Å². The van der Waals surface area contributed by atoms with Crippen LogP contribution in [0.2, 0.25) is 0 Å². The van der Waals surface area contributed by atoms with Crippen LogP contribution in [0.3, 0.4) is 0 Å². The molecule has 0 atom stereocenters. The van der Waals surface area contributed by atoms with Crippen molar-refractivity contribution in [2.75, 3.05) is 32.9 Å². The highest BCUT2D eigenvalue weighted by Crippen LogP contribution is 2.13. The number of halogens is 1. The second-order valence-electron chi connectivity index (χ2n) is 4.40. The Morgan fingerprint density at radius 1 is 1.14 bits per heavy atom. The molecule has 22 heavy (non-hydrogen) atoms. The van der Waals surface area contributed by atoms with Crippen LogP contribution < -0.4 is 15.4 Å². The maximum atomic E-state index is 5.50. The van der Waals surface area contributed by atoms with E-state index in [-0.39, 0.29) is 24.0 Å². The molecule has 0 radical (unpaired) electrons. The van der Waals surface area contributed by atoms with Crippen molar-refractivity contribution in [2.24, 2.45) is 4.99 Å². The van der Waals surface area contributed by atoms with Gasteiger partial charge in [0.1, 0.15) is 5.75 Å². The third kappa shape index (κ3) is 9.09. The zero-order valence-electron chi connectivity index (χ0n) is 13.7. The van der Waals surface area contributed by atoms with Gasteiger partial charge in [0.2, 0.25) is 0 Å². The average Bonchev–Trinajstić information content (AvgIpc) is 2.50. The lowest BCUT2D eigenvalue weighted by atomic mass is 10.2. The molecule has 1 rings (SSSR count). The van der Waals surface area contributed by atoms with E-state index in [9.17, 15) is 0 Å². The molecule has 1 aromatic carbocycles. The molecule has 0 saturated heterocycles. The summed E-state index contributed by atoms with van der Waals surface area (Å²) in [6.07, 6.45) is 0. The summed E-state index contributed by atoms with van der Waals surface area (Å²) in [7, 11) is 0. The highest BCUT2D eigenvalue weighted by molar-refractivity contribution is 14.0. The number of rotatable bonds is 9. The normalized spacial score (nSPS) is 10.8. The number of hydrogen-bond donors (Lipinski definition) is 2. The average molecular weight is 421 g/mol. The molecule has 0 amide bonds. The smallest absolute Gasteiger partial charge is 0.191 e. The summed E-state index contributed by atoms with van der Waals surface area (Å²) in [6.45, 7) is 10.3. The minimum atomic E-state index is 0. The van der Waals surface area contributed by atoms with Gasteiger partial charge in [-0.05, 0) is 38.5 Å². The Kier molecular flexibility index (Phi) is 13.0. The summed E-state index contributed by atoms with van der Waals surface area (Å²) >= 11 is 0. The summed E-state index contributed by atoms with van der Waals surface area (Å²) in [6, 6.07) is 8.03. The molecule has 1 aromatic rings. The SMILES string of the molecule is CCNC(=NCc1cccc(OCC)c1)NCCOCC.I. The molecule has 0 heterocycles. The van der Waals surface area contributed by atoms with Gasteiger partial charge in [-0.2, -0.15) is 0 Å². The van der Waals surface area contributed by atoms with E-state index in [4.69, 9.17) is 9.47 Å². The fourth-order valence-electron chi connectivity index (χ4n) is 1.80. The van der Waals surface area contributed by atoms with E-state index in [0.29, 0.717) is 19.8 Å². The molecule has 5 nitrogen and oxygen atoms in total. The number of nitrogens with one attached hydrogen (secondary N) is 2. The van der Waals surface area contributed by atoms with Crippen molar-refractivity contribution >= 4 is 29.9 Å². The Hall–Kier alpha value is -1.02. The topological polar surface area (TPSA) is 54.9 Å². The fraction of sp³-hybridized carbons (Fsp3) is 0.562. The van der Waals surface area contributed by atoms with E-state index < -0.39 is 0 Å². The standard InChI is InChI=1S/C16H27N3O2.HI/c1-4-17-16(18-10-11-20-5-2)19-13-14-8-7-9-15(12-14)21-6-3;/h7-9,12H,4-6,10-11,13H2,1-3H3,(H2,17,18,19);1H. The predicted molar refractivity (Wildman–Crippen MR) is 102 cm³/mol. The fourth-order valence-corrected chi connectivity index (χ4v) is 1.80. The molecule has 0 fully saturated rings. The number of ether oxygens (including phenoxy) is 2. The Bertz CT molecular complexity index is 428. The van der Waals surface area contributed by atoms with Gasteiger partial charge in [-0.3, -0.25) is 0 Å². The molecule has 0 saturated carbocycles. The first-order chi connectivity index (χ1) is 10.3. The zero-order valence-corrected chi connectivity index (χ0v) is 16.1. The first kappa shape index (κ1) is 21.0. The second-order valence-corrected chi connectivity index (χ2v) is 4.40. The lowest BCUT2D eigenvalue weighted by molar-refractivity contribution is 0.152. The van der Waals surface area contributed by atoms with Crippen LogP contribution in [0.5, 0.6) is 5.75 Å². The molecule has 0 aromatic heterocycles. The number of guanidine groups is 1. The maximum absolute atomic E-state index is 5.50. The maximum Gasteiger partial charge on any atom is 0.191 e. The summed E-state index contributed by atoms with van der Waals surface area (Å²) in [5.41, 5.74) is 1.13. The number of nitrogens with zero attached hydrogens (tertiary/aromatic N) is 1. The number of aliphatic imine (C=N–C) groups is 1. The highest BCUT2D eigenvalue weighted by atomic mass is 127. The molecule has 0 aliphatic rings. The van der Waals surface area contributed by atoms with Crippen molar-refractivity contribution in [3.8, 4) is 5.75 Å². The molecule has 0 aliphatic carbocycles. The van der Waals surface area contributed by atoms with Crippen molar-refractivity contribution in [2.45, 2.75) is 27.3 Å². The van der Waals surface area contributed by atoms with Crippen molar-refractivity contribution in [1.82, 2.24) is 10.6 Å². The van der Waals surface area contributed by atoms with Crippen LogP contribution in [-0.4, -0.2) is 38.9 Å². The summed E-state index contributed by atoms with van der Waals surface area (Å²) < 4.78 is 10.8. The van der Waals surface area contributed by atoms with Crippen LogP contribution in [0.15, 0.2) is 29.3 Å². The lowest BCUT2D eigenvalue weighted by Gasteiger charge is -2.11. The molecule has 0 unspecified atom stereocenters. The summed E-state index contributed by atoms with van der Waals surface area (Å²) in [5.74, 6) is 1.69. The van der Waals surface area contributed by atoms with E-state index in [1.807, 2.05) is 32.0 Å². The van der Waals surface area contributed by atoms with Gasteiger partial charge in [0.15, 0.2) is 5.96 Å². The van der Waals surface area contributed by atoms with Gasteiger partial charge in [0.05, 0.1) is 19.8 Å². The molecular weight excluding hydrogens is 393 g/mol. The second kappa shape index (κ2) is 13.6.